The van der Waals surface area contributed by atoms with Crippen LogP contribution in [0.25, 0.3) is 11.5 Å². The van der Waals surface area contributed by atoms with E-state index in [1.807, 2.05) is 0 Å². The molecule has 0 spiro atoms. The van der Waals surface area contributed by atoms with Crippen LogP contribution in [0.2, 0.25) is 0 Å². The quantitative estimate of drug-likeness (QED) is 0.242. The fourth-order valence-corrected chi connectivity index (χ4v) is 5.18. The van der Waals surface area contributed by atoms with Gasteiger partial charge in [-0.15, -0.1) is 0 Å². The van der Waals surface area contributed by atoms with Crippen LogP contribution in [0.5, 0.6) is 0 Å². The predicted molar refractivity (Wildman–Crippen MR) is 128 cm³/mol. The second kappa shape index (κ2) is 10.4. The molecule has 1 saturated heterocycles. The molecule has 1 aliphatic rings. The molecule has 7 nitrogen and oxygen atoms in total. The summed E-state index contributed by atoms with van der Waals surface area (Å²) in [5.41, 5.74) is 0.975. The van der Waals surface area contributed by atoms with Crippen molar-refractivity contribution in [2.75, 3.05) is 31.6 Å². The Hall–Kier alpha value is -3.18. The number of morpholine rings is 1. The monoisotopic (exact) mass is 499 g/mol. The largest absolute Gasteiger partial charge is 0.867 e. The second-order valence-corrected chi connectivity index (χ2v) is 9.81. The molecular weight excluding hydrogens is 477 g/mol. The highest BCUT2D eigenvalue weighted by molar-refractivity contribution is 7.89. The van der Waals surface area contributed by atoms with Gasteiger partial charge in [-0.1, -0.05) is 30.4 Å². The SMILES string of the molecule is O=S(=O)(c1ccc(NC(=S)/C(=C(\[O-])c2ccc(F)cc2)[n+]2ccccc2)cc1)N1CCOCC1. The molecule has 0 bridgehead atoms. The average Bonchev–Trinajstić information content (AvgIpc) is 2.86. The van der Waals surface area contributed by atoms with Gasteiger partial charge in [-0.05, 0) is 47.7 Å². The number of ether oxygens (including phenoxy) is 1. The minimum absolute atomic E-state index is 0.134. The molecule has 4 rings (SSSR count). The summed E-state index contributed by atoms with van der Waals surface area (Å²) >= 11 is 5.55. The van der Waals surface area contributed by atoms with Crippen molar-refractivity contribution in [2.45, 2.75) is 4.90 Å². The third-order valence-electron chi connectivity index (χ3n) is 5.23. The van der Waals surface area contributed by atoms with Crippen LogP contribution in [0.15, 0.2) is 84.0 Å². The number of sulfonamides is 1. The maximum atomic E-state index is 13.3. The Kier molecular flexibility index (Phi) is 7.32. The Morgan fingerprint density at radius 1 is 1.00 bits per heavy atom. The molecule has 1 fully saturated rings. The van der Waals surface area contributed by atoms with Gasteiger partial charge in [0.25, 0.3) is 0 Å². The Morgan fingerprint density at radius 2 is 1.62 bits per heavy atom. The first-order valence-corrected chi connectivity index (χ1v) is 12.3. The normalized spacial score (nSPS) is 15.4. The molecule has 1 aromatic heterocycles. The van der Waals surface area contributed by atoms with Gasteiger partial charge in [0, 0.05) is 30.9 Å². The molecule has 176 valence electrons. The van der Waals surface area contributed by atoms with E-state index in [0.29, 0.717) is 32.0 Å². The molecule has 0 radical (unpaired) electrons. The molecule has 0 unspecified atom stereocenters. The van der Waals surface area contributed by atoms with E-state index in [1.165, 1.54) is 40.7 Å². The van der Waals surface area contributed by atoms with Gasteiger partial charge in [0.05, 0.1) is 18.1 Å². The standard InChI is InChI=1S/C24H22FN3O4S2/c25-19-6-4-18(5-7-19)23(29)22(27-12-2-1-3-13-27)24(33)26-20-8-10-21(11-9-20)34(30,31)28-14-16-32-17-15-28/h1-13H,14-17H2,(H-,26,29,33). The zero-order valence-corrected chi connectivity index (χ0v) is 19.7. The lowest BCUT2D eigenvalue weighted by atomic mass is 10.1. The van der Waals surface area contributed by atoms with Crippen molar-refractivity contribution in [3.63, 3.8) is 0 Å². The fraction of sp³-hybridized carbons (Fsp3) is 0.167. The number of nitrogens with one attached hydrogen (secondary N) is 1. The van der Waals surface area contributed by atoms with E-state index in [-0.39, 0.29) is 26.9 Å². The van der Waals surface area contributed by atoms with Crippen molar-refractivity contribution in [1.29, 1.82) is 0 Å². The minimum Gasteiger partial charge on any atom is -0.867 e. The number of halogens is 1. The van der Waals surface area contributed by atoms with Gasteiger partial charge in [-0.3, -0.25) is 0 Å². The first-order valence-electron chi connectivity index (χ1n) is 10.5. The van der Waals surface area contributed by atoms with Crippen molar-refractivity contribution < 1.29 is 27.2 Å². The van der Waals surface area contributed by atoms with Gasteiger partial charge in [0.2, 0.25) is 15.7 Å². The zero-order chi connectivity index (χ0) is 24.1. The molecule has 3 aromatic rings. The van der Waals surface area contributed by atoms with Crippen LogP contribution in [-0.2, 0) is 14.8 Å². The van der Waals surface area contributed by atoms with Gasteiger partial charge in [0.15, 0.2) is 17.4 Å². The van der Waals surface area contributed by atoms with Gasteiger partial charge in [-0.2, -0.15) is 8.87 Å². The van der Waals surface area contributed by atoms with E-state index in [0.717, 1.165) is 0 Å². The number of rotatable bonds is 6. The molecule has 34 heavy (non-hydrogen) atoms. The van der Waals surface area contributed by atoms with Gasteiger partial charge >= 0.3 is 0 Å². The van der Waals surface area contributed by atoms with Crippen LogP contribution in [0.1, 0.15) is 5.56 Å². The van der Waals surface area contributed by atoms with Crippen LogP contribution >= 0.6 is 12.2 Å². The fourth-order valence-electron chi connectivity index (χ4n) is 3.46. The van der Waals surface area contributed by atoms with E-state index in [2.05, 4.69) is 5.32 Å². The molecule has 10 heteroatoms. The van der Waals surface area contributed by atoms with Crippen molar-refractivity contribution in [2.24, 2.45) is 0 Å². The maximum absolute atomic E-state index is 13.3. The average molecular weight is 500 g/mol. The second-order valence-electron chi connectivity index (χ2n) is 7.46. The smallest absolute Gasteiger partial charge is 0.243 e. The number of hydrogen-bond donors (Lipinski definition) is 1. The highest BCUT2D eigenvalue weighted by Crippen LogP contribution is 2.21. The highest BCUT2D eigenvalue weighted by Gasteiger charge is 2.26. The Balaban J connectivity index is 1.61. The summed E-state index contributed by atoms with van der Waals surface area (Å²) in [4.78, 5) is 0.296. The number of hydrogen-bond acceptors (Lipinski definition) is 5. The minimum atomic E-state index is -3.62. The number of anilines is 1. The molecule has 0 aliphatic carbocycles. The molecule has 2 aromatic carbocycles. The summed E-state index contributed by atoms with van der Waals surface area (Å²) in [5, 5.41) is 16.3. The molecule has 0 amide bonds. The molecular formula is C24H22FN3O4S2. The third kappa shape index (κ3) is 5.31. The lowest BCUT2D eigenvalue weighted by molar-refractivity contribution is -0.577. The lowest BCUT2D eigenvalue weighted by Gasteiger charge is -2.26. The number of aromatic nitrogens is 1. The summed E-state index contributed by atoms with van der Waals surface area (Å²) in [6.07, 6.45) is 3.37. The van der Waals surface area contributed by atoms with E-state index in [1.54, 1.807) is 47.3 Å². The van der Waals surface area contributed by atoms with Crippen LogP contribution in [0.3, 0.4) is 0 Å². The van der Waals surface area contributed by atoms with Crippen LogP contribution in [0.4, 0.5) is 10.1 Å². The lowest BCUT2D eigenvalue weighted by Crippen LogP contribution is -2.40. The van der Waals surface area contributed by atoms with Crippen molar-refractivity contribution in [3.8, 4) is 0 Å². The third-order valence-corrected chi connectivity index (χ3v) is 7.44. The molecule has 1 N–H and O–H groups in total. The van der Waals surface area contributed by atoms with E-state index < -0.39 is 15.8 Å². The first-order chi connectivity index (χ1) is 16.4. The summed E-state index contributed by atoms with van der Waals surface area (Å²) in [6, 6.07) is 16.7. The maximum Gasteiger partial charge on any atom is 0.243 e. The number of thiocarbonyl (C=S) groups is 1. The van der Waals surface area contributed by atoms with Crippen LogP contribution in [0, 0.1) is 5.82 Å². The van der Waals surface area contributed by atoms with Gasteiger partial charge in [-0.25, -0.2) is 12.8 Å². The summed E-state index contributed by atoms with van der Waals surface area (Å²) < 4.78 is 47.2. The molecule has 2 heterocycles. The Bertz CT molecular complexity index is 1290. The van der Waals surface area contributed by atoms with Crippen LogP contribution in [-0.4, -0.2) is 44.0 Å². The van der Waals surface area contributed by atoms with E-state index >= 15 is 0 Å². The van der Waals surface area contributed by atoms with E-state index in [4.69, 9.17) is 17.0 Å². The van der Waals surface area contributed by atoms with Crippen molar-refractivity contribution in [1.82, 2.24) is 4.31 Å². The number of pyridine rings is 1. The zero-order valence-electron chi connectivity index (χ0n) is 18.1. The molecule has 0 atom stereocenters. The van der Waals surface area contributed by atoms with Crippen LogP contribution < -0.4 is 15.0 Å². The summed E-state index contributed by atoms with van der Waals surface area (Å²) in [6.45, 7) is 1.35. The summed E-state index contributed by atoms with van der Waals surface area (Å²) in [5.74, 6) is -0.835. The van der Waals surface area contributed by atoms with E-state index in [9.17, 15) is 17.9 Å². The van der Waals surface area contributed by atoms with Crippen molar-refractivity contribution in [3.05, 3.63) is 90.5 Å². The molecule has 0 saturated carbocycles. The molecule has 1 aliphatic heterocycles. The summed E-state index contributed by atoms with van der Waals surface area (Å²) in [7, 11) is -3.62. The number of nitrogens with zero attached hydrogens (tertiary/aromatic N) is 2. The Labute approximate surface area is 202 Å². The van der Waals surface area contributed by atoms with Gasteiger partial charge in [0.1, 0.15) is 5.82 Å². The first kappa shape index (κ1) is 24.0. The van der Waals surface area contributed by atoms with Crippen molar-refractivity contribution >= 4 is 44.4 Å². The Morgan fingerprint density at radius 3 is 2.24 bits per heavy atom. The topological polar surface area (TPSA) is 85.6 Å². The van der Waals surface area contributed by atoms with Gasteiger partial charge < -0.3 is 15.2 Å². The highest BCUT2D eigenvalue weighted by atomic mass is 32.2. The predicted octanol–water partition coefficient (Wildman–Crippen LogP) is 2.26. The number of benzene rings is 2.